The molecule has 0 bridgehead atoms. The minimum Gasteiger partial charge on any atom is -0.384 e. The van der Waals surface area contributed by atoms with Gasteiger partial charge in [-0.2, -0.15) is 0 Å². The van der Waals surface area contributed by atoms with Gasteiger partial charge in [-0.05, 0) is 38.3 Å². The number of hydrogen-bond donors (Lipinski definition) is 2. The highest BCUT2D eigenvalue weighted by Gasteiger charge is 2.07. The highest BCUT2D eigenvalue weighted by atomic mass is 16.3. The lowest BCUT2D eigenvalue weighted by Crippen LogP contribution is -2.33. The third-order valence-corrected chi connectivity index (χ3v) is 2.57. The van der Waals surface area contributed by atoms with Crippen molar-refractivity contribution >= 4 is 5.91 Å². The van der Waals surface area contributed by atoms with Gasteiger partial charge in [0.05, 0.1) is 0 Å². The van der Waals surface area contributed by atoms with Gasteiger partial charge >= 0.3 is 0 Å². The van der Waals surface area contributed by atoms with Gasteiger partial charge in [0.2, 0.25) is 5.91 Å². The Bertz CT molecular complexity index is 372. The Morgan fingerprint density at radius 1 is 1.44 bits per heavy atom. The Hall–Kier alpha value is -1.35. The summed E-state index contributed by atoms with van der Waals surface area (Å²) in [6, 6.07) is 6.28. The van der Waals surface area contributed by atoms with Crippen molar-refractivity contribution in [3.05, 3.63) is 34.9 Å². The second-order valence-corrected chi connectivity index (χ2v) is 4.15. The molecule has 1 unspecified atom stereocenters. The van der Waals surface area contributed by atoms with Crippen LogP contribution in [0.5, 0.6) is 0 Å². The number of aryl methyl sites for hydroxylation is 2. The van der Waals surface area contributed by atoms with Crippen molar-refractivity contribution in [2.24, 2.45) is 0 Å². The maximum absolute atomic E-state index is 11.1. The van der Waals surface area contributed by atoms with Gasteiger partial charge in [-0.25, -0.2) is 0 Å². The van der Waals surface area contributed by atoms with Crippen LogP contribution in [0.2, 0.25) is 0 Å². The minimum absolute atomic E-state index is 0.315. The fourth-order valence-electron chi connectivity index (χ4n) is 1.59. The lowest BCUT2D eigenvalue weighted by molar-refractivity contribution is -0.128. The van der Waals surface area contributed by atoms with Crippen molar-refractivity contribution in [1.29, 1.82) is 0 Å². The van der Waals surface area contributed by atoms with Gasteiger partial charge in [-0.3, -0.25) is 4.79 Å². The average molecular weight is 221 g/mol. The van der Waals surface area contributed by atoms with E-state index in [1.165, 1.54) is 23.6 Å². The van der Waals surface area contributed by atoms with E-state index in [1.54, 1.807) is 0 Å². The highest BCUT2D eigenvalue weighted by Crippen LogP contribution is 2.10. The van der Waals surface area contributed by atoms with Crippen LogP contribution < -0.4 is 5.32 Å². The Kier molecular flexibility index (Phi) is 4.50. The molecule has 0 saturated heterocycles. The van der Waals surface area contributed by atoms with Crippen molar-refractivity contribution in [3.63, 3.8) is 0 Å². The van der Waals surface area contributed by atoms with Gasteiger partial charge in [-0.15, -0.1) is 0 Å². The topological polar surface area (TPSA) is 49.3 Å². The largest absolute Gasteiger partial charge is 0.384 e. The summed E-state index contributed by atoms with van der Waals surface area (Å²) in [6.45, 7) is 6.16. The fraction of sp³-hybridized carbons (Fsp3) is 0.462. The maximum Gasteiger partial charge on any atom is 0.248 e. The minimum atomic E-state index is -0.931. The van der Waals surface area contributed by atoms with Crippen LogP contribution in [0.4, 0.5) is 0 Å². The van der Waals surface area contributed by atoms with Crippen molar-refractivity contribution in [2.75, 3.05) is 6.54 Å². The summed E-state index contributed by atoms with van der Waals surface area (Å²) in [7, 11) is 0. The molecule has 1 atom stereocenters. The molecule has 0 saturated carbocycles. The van der Waals surface area contributed by atoms with Crippen LogP contribution in [0.3, 0.4) is 0 Å². The van der Waals surface area contributed by atoms with Crippen LogP contribution in [0, 0.1) is 13.8 Å². The van der Waals surface area contributed by atoms with Gasteiger partial charge in [0, 0.05) is 6.54 Å². The molecular weight excluding hydrogens is 202 g/mol. The first kappa shape index (κ1) is 12.7. The Labute approximate surface area is 96.5 Å². The summed E-state index contributed by atoms with van der Waals surface area (Å²) >= 11 is 0. The maximum atomic E-state index is 11.1. The number of aliphatic hydroxyl groups is 1. The number of carbonyl (C=O) groups excluding carboxylic acids is 1. The molecule has 0 fully saturated rings. The second kappa shape index (κ2) is 5.66. The number of benzene rings is 1. The van der Waals surface area contributed by atoms with E-state index in [2.05, 4.69) is 37.4 Å². The SMILES string of the molecule is Cc1ccc(CCNC(=O)C(C)O)c(C)c1. The highest BCUT2D eigenvalue weighted by molar-refractivity contribution is 5.79. The molecular formula is C13H19NO2. The van der Waals surface area contributed by atoms with Crippen molar-refractivity contribution in [2.45, 2.75) is 33.3 Å². The number of nitrogens with one attached hydrogen (secondary N) is 1. The molecule has 2 N–H and O–H groups in total. The molecule has 1 aromatic rings. The van der Waals surface area contributed by atoms with Crippen LogP contribution in [-0.2, 0) is 11.2 Å². The summed E-state index contributed by atoms with van der Waals surface area (Å²) in [5.74, 6) is -0.315. The zero-order valence-electron chi connectivity index (χ0n) is 10.1. The van der Waals surface area contributed by atoms with Crippen LogP contribution in [-0.4, -0.2) is 23.7 Å². The zero-order chi connectivity index (χ0) is 12.1. The van der Waals surface area contributed by atoms with Gasteiger partial charge in [-0.1, -0.05) is 23.8 Å². The van der Waals surface area contributed by atoms with E-state index in [-0.39, 0.29) is 5.91 Å². The van der Waals surface area contributed by atoms with E-state index in [4.69, 9.17) is 5.11 Å². The van der Waals surface area contributed by atoms with Crippen molar-refractivity contribution in [3.8, 4) is 0 Å². The summed E-state index contributed by atoms with van der Waals surface area (Å²) < 4.78 is 0. The first-order chi connectivity index (χ1) is 7.50. The normalized spacial score (nSPS) is 12.2. The molecule has 0 aliphatic heterocycles. The molecule has 88 valence electrons. The molecule has 0 aliphatic rings. The Morgan fingerprint density at radius 3 is 2.69 bits per heavy atom. The smallest absolute Gasteiger partial charge is 0.248 e. The van der Waals surface area contributed by atoms with Crippen LogP contribution in [0.15, 0.2) is 18.2 Å². The number of aliphatic hydroxyl groups excluding tert-OH is 1. The quantitative estimate of drug-likeness (QED) is 0.806. The average Bonchev–Trinajstić information content (AvgIpc) is 2.20. The predicted molar refractivity (Wildman–Crippen MR) is 64.3 cm³/mol. The first-order valence-electron chi connectivity index (χ1n) is 5.52. The summed E-state index contributed by atoms with van der Waals surface area (Å²) in [6.07, 6.45) is -0.135. The summed E-state index contributed by atoms with van der Waals surface area (Å²) in [5.41, 5.74) is 3.72. The molecule has 3 nitrogen and oxygen atoms in total. The Morgan fingerprint density at radius 2 is 2.12 bits per heavy atom. The van der Waals surface area contributed by atoms with Crippen molar-refractivity contribution < 1.29 is 9.90 Å². The second-order valence-electron chi connectivity index (χ2n) is 4.15. The molecule has 3 heteroatoms. The van der Waals surface area contributed by atoms with Crippen LogP contribution in [0.1, 0.15) is 23.6 Å². The molecule has 0 radical (unpaired) electrons. The monoisotopic (exact) mass is 221 g/mol. The van der Waals surface area contributed by atoms with Gasteiger partial charge in [0.25, 0.3) is 0 Å². The number of hydrogen-bond acceptors (Lipinski definition) is 2. The van der Waals surface area contributed by atoms with E-state index in [0.717, 1.165) is 6.42 Å². The third-order valence-electron chi connectivity index (χ3n) is 2.57. The molecule has 0 aliphatic carbocycles. The van der Waals surface area contributed by atoms with Crippen LogP contribution >= 0.6 is 0 Å². The van der Waals surface area contributed by atoms with E-state index in [9.17, 15) is 4.79 Å². The first-order valence-corrected chi connectivity index (χ1v) is 5.52. The van der Waals surface area contributed by atoms with E-state index < -0.39 is 6.10 Å². The summed E-state index contributed by atoms with van der Waals surface area (Å²) in [4.78, 5) is 11.1. The predicted octanol–water partition coefficient (Wildman–Crippen LogP) is 1.34. The van der Waals surface area contributed by atoms with E-state index >= 15 is 0 Å². The van der Waals surface area contributed by atoms with Gasteiger partial charge in [0.1, 0.15) is 6.10 Å². The standard InChI is InChI=1S/C13H19NO2/c1-9-4-5-12(10(2)8-9)6-7-14-13(16)11(3)15/h4-5,8,11,15H,6-7H2,1-3H3,(H,14,16). The van der Waals surface area contributed by atoms with Gasteiger partial charge < -0.3 is 10.4 Å². The third kappa shape index (κ3) is 3.66. The van der Waals surface area contributed by atoms with Gasteiger partial charge in [0.15, 0.2) is 0 Å². The molecule has 1 rings (SSSR count). The lowest BCUT2D eigenvalue weighted by atomic mass is 10.0. The number of carbonyl (C=O) groups is 1. The molecule has 16 heavy (non-hydrogen) atoms. The fourth-order valence-corrected chi connectivity index (χ4v) is 1.59. The summed E-state index contributed by atoms with van der Waals surface area (Å²) in [5, 5.41) is 11.7. The van der Waals surface area contributed by atoms with Crippen molar-refractivity contribution in [1.82, 2.24) is 5.32 Å². The number of rotatable bonds is 4. The molecule has 1 amide bonds. The molecule has 1 aromatic carbocycles. The number of amides is 1. The Balaban J connectivity index is 2.46. The van der Waals surface area contributed by atoms with E-state index in [0.29, 0.717) is 6.54 Å². The zero-order valence-corrected chi connectivity index (χ0v) is 10.1. The molecule has 0 aromatic heterocycles. The van der Waals surface area contributed by atoms with E-state index in [1.807, 2.05) is 0 Å². The lowest BCUT2D eigenvalue weighted by Gasteiger charge is -2.09. The molecule has 0 spiro atoms. The van der Waals surface area contributed by atoms with Crippen LogP contribution in [0.25, 0.3) is 0 Å². The molecule has 0 heterocycles.